The van der Waals surface area contributed by atoms with Crippen molar-refractivity contribution in [3.05, 3.63) is 63.7 Å². The zero-order chi connectivity index (χ0) is 21.1. The van der Waals surface area contributed by atoms with Gasteiger partial charge in [0.25, 0.3) is 23.6 Å². The summed E-state index contributed by atoms with van der Waals surface area (Å²) in [5, 5.41) is 5.50. The third-order valence-corrected chi connectivity index (χ3v) is 4.73. The second-order valence-corrected chi connectivity index (χ2v) is 6.73. The quantitative estimate of drug-likeness (QED) is 0.556. The van der Waals surface area contributed by atoms with Gasteiger partial charge in [0.15, 0.2) is 0 Å². The van der Waals surface area contributed by atoms with E-state index in [2.05, 4.69) is 10.6 Å². The number of carbonyl (C=O) groups is 4. The predicted octanol–water partition coefficient (Wildman–Crippen LogP) is 2.19. The molecule has 1 heterocycles. The van der Waals surface area contributed by atoms with Crippen LogP contribution in [0.3, 0.4) is 0 Å². The van der Waals surface area contributed by atoms with Gasteiger partial charge in [0, 0.05) is 32.0 Å². The number of fused-ring (bicyclic) bond motifs is 1. The molecule has 0 atom stereocenters. The van der Waals surface area contributed by atoms with Crippen molar-refractivity contribution < 1.29 is 23.9 Å². The predicted molar refractivity (Wildman–Crippen MR) is 106 cm³/mol. The second-order valence-electron chi connectivity index (χ2n) is 6.33. The van der Waals surface area contributed by atoms with Gasteiger partial charge in [-0.1, -0.05) is 11.6 Å². The average molecular weight is 416 g/mol. The lowest BCUT2D eigenvalue weighted by molar-refractivity contribution is 0.0692. The third-order valence-electron chi connectivity index (χ3n) is 4.42. The molecule has 0 saturated carbocycles. The van der Waals surface area contributed by atoms with Gasteiger partial charge in [-0.2, -0.15) is 0 Å². The van der Waals surface area contributed by atoms with Crippen LogP contribution in [0.25, 0.3) is 0 Å². The number of imide groups is 1. The van der Waals surface area contributed by atoms with Gasteiger partial charge < -0.3 is 15.4 Å². The van der Waals surface area contributed by atoms with Gasteiger partial charge in [-0.15, -0.1) is 0 Å². The summed E-state index contributed by atoms with van der Waals surface area (Å²) >= 11 is 6.16. The van der Waals surface area contributed by atoms with Crippen LogP contribution in [0.4, 0.5) is 5.69 Å². The first-order chi connectivity index (χ1) is 13.8. The number of anilines is 1. The molecule has 4 amide bonds. The molecule has 2 aromatic rings. The number of nitrogens with zero attached hydrogens (tertiary/aromatic N) is 1. The molecule has 0 aromatic heterocycles. The van der Waals surface area contributed by atoms with E-state index in [1.807, 2.05) is 0 Å². The molecule has 150 valence electrons. The minimum atomic E-state index is -0.476. The van der Waals surface area contributed by atoms with Crippen molar-refractivity contribution >= 4 is 40.9 Å². The fourth-order valence-electron chi connectivity index (χ4n) is 2.84. The van der Waals surface area contributed by atoms with Gasteiger partial charge in [0.05, 0.1) is 28.3 Å². The van der Waals surface area contributed by atoms with E-state index in [0.29, 0.717) is 18.8 Å². The van der Waals surface area contributed by atoms with Crippen LogP contribution in [0, 0.1) is 0 Å². The summed E-state index contributed by atoms with van der Waals surface area (Å²) in [6.45, 7) is 0.723. The number of carbonyl (C=O) groups excluding carboxylic acids is 4. The van der Waals surface area contributed by atoms with Crippen molar-refractivity contribution in [3.8, 4) is 0 Å². The number of ether oxygens (including phenoxy) is 1. The molecule has 0 fully saturated rings. The van der Waals surface area contributed by atoms with Crippen LogP contribution < -0.4 is 10.6 Å². The van der Waals surface area contributed by atoms with E-state index < -0.39 is 17.7 Å². The van der Waals surface area contributed by atoms with E-state index in [-0.39, 0.29) is 33.2 Å². The Bertz CT molecular complexity index is 1020. The standard InChI is InChI=1S/C20H18ClN3O5/c1-24-19(27)13-5-3-11(9-15(13)20(24)28)17(25)23-12-4-6-14(16(21)10-12)18(26)22-7-8-29-2/h3-6,9-10H,7-8H2,1-2H3,(H,22,26)(H,23,25). The molecule has 0 spiro atoms. The van der Waals surface area contributed by atoms with Gasteiger partial charge in [0.2, 0.25) is 0 Å². The largest absolute Gasteiger partial charge is 0.383 e. The van der Waals surface area contributed by atoms with E-state index in [0.717, 1.165) is 4.90 Å². The van der Waals surface area contributed by atoms with Crippen molar-refractivity contribution in [1.29, 1.82) is 0 Å². The third kappa shape index (κ3) is 4.13. The smallest absolute Gasteiger partial charge is 0.261 e. The molecule has 2 aromatic carbocycles. The summed E-state index contributed by atoms with van der Waals surface area (Å²) in [6, 6.07) is 8.81. The van der Waals surface area contributed by atoms with Crippen molar-refractivity contribution in [1.82, 2.24) is 10.2 Å². The molecule has 0 bridgehead atoms. The molecule has 3 rings (SSSR count). The minimum Gasteiger partial charge on any atom is -0.383 e. The summed E-state index contributed by atoms with van der Waals surface area (Å²) < 4.78 is 4.87. The Kier molecular flexibility index (Phi) is 5.95. The van der Waals surface area contributed by atoms with Crippen LogP contribution in [0.5, 0.6) is 0 Å². The van der Waals surface area contributed by atoms with Gasteiger partial charge in [-0.3, -0.25) is 24.1 Å². The van der Waals surface area contributed by atoms with E-state index in [9.17, 15) is 19.2 Å². The highest BCUT2D eigenvalue weighted by molar-refractivity contribution is 6.34. The molecule has 1 aliphatic rings. The van der Waals surface area contributed by atoms with Crippen LogP contribution in [0.1, 0.15) is 41.4 Å². The molecular weight excluding hydrogens is 398 g/mol. The van der Waals surface area contributed by atoms with Crippen LogP contribution in [-0.4, -0.2) is 55.8 Å². The Labute approximate surface area is 171 Å². The Morgan fingerprint density at radius 1 is 1.03 bits per heavy atom. The highest BCUT2D eigenvalue weighted by Gasteiger charge is 2.33. The molecule has 9 heteroatoms. The van der Waals surface area contributed by atoms with E-state index in [1.165, 1.54) is 44.5 Å². The first-order valence-corrected chi connectivity index (χ1v) is 9.05. The number of rotatable bonds is 6. The maximum Gasteiger partial charge on any atom is 0.261 e. The highest BCUT2D eigenvalue weighted by Crippen LogP contribution is 2.24. The maximum atomic E-state index is 12.5. The number of nitrogens with one attached hydrogen (secondary N) is 2. The molecule has 8 nitrogen and oxygen atoms in total. The summed E-state index contributed by atoms with van der Waals surface area (Å²) in [5.41, 5.74) is 1.32. The fraction of sp³-hybridized carbons (Fsp3) is 0.200. The molecule has 29 heavy (non-hydrogen) atoms. The van der Waals surface area contributed by atoms with Crippen molar-refractivity contribution in [2.24, 2.45) is 0 Å². The zero-order valence-electron chi connectivity index (χ0n) is 15.7. The van der Waals surface area contributed by atoms with E-state index in [4.69, 9.17) is 16.3 Å². The van der Waals surface area contributed by atoms with Crippen LogP contribution in [0.15, 0.2) is 36.4 Å². The van der Waals surface area contributed by atoms with Gasteiger partial charge >= 0.3 is 0 Å². The Morgan fingerprint density at radius 3 is 2.45 bits per heavy atom. The lowest BCUT2D eigenvalue weighted by Gasteiger charge is -2.10. The molecule has 0 aliphatic carbocycles. The number of halogens is 1. The fourth-order valence-corrected chi connectivity index (χ4v) is 3.11. The monoisotopic (exact) mass is 415 g/mol. The summed E-state index contributed by atoms with van der Waals surface area (Å²) in [4.78, 5) is 49.6. The number of hydrogen-bond acceptors (Lipinski definition) is 5. The number of benzene rings is 2. The van der Waals surface area contributed by atoms with Gasteiger partial charge in [0.1, 0.15) is 0 Å². The normalized spacial score (nSPS) is 12.7. The van der Waals surface area contributed by atoms with Crippen molar-refractivity contribution in [2.75, 3.05) is 32.6 Å². The lowest BCUT2D eigenvalue weighted by Crippen LogP contribution is -2.27. The molecule has 0 radical (unpaired) electrons. The minimum absolute atomic E-state index is 0.175. The summed E-state index contributed by atoms with van der Waals surface area (Å²) in [5.74, 6) is -1.68. The molecule has 0 saturated heterocycles. The Morgan fingerprint density at radius 2 is 1.76 bits per heavy atom. The van der Waals surface area contributed by atoms with Crippen LogP contribution in [-0.2, 0) is 4.74 Å². The summed E-state index contributed by atoms with van der Waals surface area (Å²) in [6.07, 6.45) is 0. The van der Waals surface area contributed by atoms with Crippen molar-refractivity contribution in [3.63, 3.8) is 0 Å². The first kappa shape index (κ1) is 20.5. The number of amides is 4. The SMILES string of the molecule is COCCNC(=O)c1ccc(NC(=O)c2ccc3c(c2)C(=O)N(C)C3=O)cc1Cl. The zero-order valence-corrected chi connectivity index (χ0v) is 16.5. The first-order valence-electron chi connectivity index (χ1n) is 8.68. The Hall–Kier alpha value is -3.23. The van der Waals surface area contributed by atoms with Gasteiger partial charge in [-0.05, 0) is 36.4 Å². The number of methoxy groups -OCH3 is 1. The molecule has 0 unspecified atom stereocenters. The molecule has 2 N–H and O–H groups in total. The second kappa shape index (κ2) is 8.42. The van der Waals surface area contributed by atoms with E-state index >= 15 is 0 Å². The topological polar surface area (TPSA) is 105 Å². The molecule has 1 aliphatic heterocycles. The maximum absolute atomic E-state index is 12.5. The van der Waals surface area contributed by atoms with Gasteiger partial charge in [-0.25, -0.2) is 0 Å². The Balaban J connectivity index is 1.73. The molecular formula is C20H18ClN3O5. The lowest BCUT2D eigenvalue weighted by atomic mass is 10.1. The average Bonchev–Trinajstić information content (AvgIpc) is 2.92. The number of hydrogen-bond donors (Lipinski definition) is 2. The summed E-state index contributed by atoms with van der Waals surface area (Å²) in [7, 11) is 2.92. The van der Waals surface area contributed by atoms with Crippen LogP contribution >= 0.6 is 11.6 Å². The highest BCUT2D eigenvalue weighted by atomic mass is 35.5. The van der Waals surface area contributed by atoms with Crippen molar-refractivity contribution in [2.45, 2.75) is 0 Å². The van der Waals surface area contributed by atoms with Crippen LogP contribution in [0.2, 0.25) is 5.02 Å². The van der Waals surface area contributed by atoms with E-state index in [1.54, 1.807) is 6.07 Å².